The van der Waals surface area contributed by atoms with Crippen molar-refractivity contribution in [3.05, 3.63) is 46.9 Å². The van der Waals surface area contributed by atoms with Crippen LogP contribution < -0.4 is 5.32 Å². The molecule has 1 saturated heterocycles. The van der Waals surface area contributed by atoms with Gasteiger partial charge in [0.15, 0.2) is 0 Å². The van der Waals surface area contributed by atoms with Crippen molar-refractivity contribution in [1.29, 1.82) is 0 Å². The van der Waals surface area contributed by atoms with Gasteiger partial charge in [0.2, 0.25) is 0 Å². The number of ether oxygens (including phenoxy) is 1. The second-order valence-corrected chi connectivity index (χ2v) is 7.64. The van der Waals surface area contributed by atoms with Gasteiger partial charge < -0.3 is 15.0 Å². The van der Waals surface area contributed by atoms with E-state index in [1.54, 1.807) is 34.9 Å². The molecule has 2 heterocycles. The summed E-state index contributed by atoms with van der Waals surface area (Å²) < 4.78 is 19.9. The van der Waals surface area contributed by atoms with Crippen LogP contribution in [0.5, 0.6) is 0 Å². The maximum atomic E-state index is 14.5. The molecule has 1 atom stereocenters. The van der Waals surface area contributed by atoms with Crippen molar-refractivity contribution >= 4 is 11.9 Å². The summed E-state index contributed by atoms with van der Waals surface area (Å²) >= 11 is 0. The van der Waals surface area contributed by atoms with Crippen molar-refractivity contribution < 1.29 is 18.7 Å². The van der Waals surface area contributed by atoms with Crippen molar-refractivity contribution in [2.45, 2.75) is 33.2 Å². The van der Waals surface area contributed by atoms with E-state index in [9.17, 15) is 14.0 Å². The van der Waals surface area contributed by atoms with Gasteiger partial charge in [-0.2, -0.15) is 0 Å². The molecular weight excluding hydrogens is 361 g/mol. The smallest absolute Gasteiger partial charge is 0.322 e. The van der Waals surface area contributed by atoms with E-state index in [-0.39, 0.29) is 11.9 Å². The van der Waals surface area contributed by atoms with Gasteiger partial charge in [-0.15, -0.1) is 0 Å². The minimum Gasteiger partial charge on any atom is -0.378 e. The molecule has 7 heteroatoms. The number of allylic oxidation sites excluding steroid dienone is 1. The number of nitrogens with zero attached hydrogens (tertiary/aromatic N) is 2. The third-order valence-corrected chi connectivity index (χ3v) is 5.27. The number of nitrogens with one attached hydrogen (secondary N) is 1. The predicted molar refractivity (Wildman–Crippen MR) is 104 cm³/mol. The average molecular weight is 389 g/mol. The lowest BCUT2D eigenvalue weighted by Gasteiger charge is -2.38. The third kappa shape index (κ3) is 4.19. The standard InChI is InChI=1S/C21H28FN3O3/c1-14(2)8-9-25-15(3)18(20(26)24-10-12-28-13-11-24)19(23-21(25)27)16-6-4-5-7-17(16)22/h4-7,14,19H,8-13H2,1-3H3,(H,23,27). The Labute approximate surface area is 165 Å². The van der Waals surface area contributed by atoms with Gasteiger partial charge in [0.05, 0.1) is 24.8 Å². The Hall–Kier alpha value is -2.41. The predicted octanol–water partition coefficient (Wildman–Crippen LogP) is 3.07. The van der Waals surface area contributed by atoms with Gasteiger partial charge in [0.25, 0.3) is 5.91 Å². The SMILES string of the molecule is CC1=C(C(=O)N2CCOCC2)C(c2ccccc2F)NC(=O)N1CCC(C)C. The minimum atomic E-state index is -0.806. The zero-order valence-electron chi connectivity index (χ0n) is 16.7. The van der Waals surface area contributed by atoms with Gasteiger partial charge in [-0.3, -0.25) is 9.69 Å². The summed E-state index contributed by atoms with van der Waals surface area (Å²) in [4.78, 5) is 29.4. The highest BCUT2D eigenvalue weighted by atomic mass is 19.1. The maximum absolute atomic E-state index is 14.5. The van der Waals surface area contributed by atoms with E-state index in [2.05, 4.69) is 19.2 Å². The Morgan fingerprint density at radius 3 is 2.61 bits per heavy atom. The molecule has 0 aromatic heterocycles. The fourth-order valence-corrected chi connectivity index (χ4v) is 3.59. The normalized spacial score (nSPS) is 20.6. The van der Waals surface area contributed by atoms with Crippen LogP contribution >= 0.6 is 0 Å². The highest BCUT2D eigenvalue weighted by Crippen LogP contribution is 2.33. The van der Waals surface area contributed by atoms with E-state index in [1.807, 2.05) is 0 Å². The van der Waals surface area contributed by atoms with Crippen molar-refractivity contribution in [2.75, 3.05) is 32.8 Å². The first-order valence-electron chi connectivity index (χ1n) is 9.80. The molecule has 0 aliphatic carbocycles. The summed E-state index contributed by atoms with van der Waals surface area (Å²) in [5.41, 5.74) is 1.32. The quantitative estimate of drug-likeness (QED) is 0.842. The Balaban J connectivity index is 2.02. The van der Waals surface area contributed by atoms with Crippen LogP contribution in [-0.4, -0.2) is 54.6 Å². The summed E-state index contributed by atoms with van der Waals surface area (Å²) in [6.07, 6.45) is 0.814. The molecule has 0 radical (unpaired) electrons. The van der Waals surface area contributed by atoms with Gasteiger partial charge in [-0.25, -0.2) is 9.18 Å². The highest BCUT2D eigenvalue weighted by molar-refractivity contribution is 5.98. The van der Waals surface area contributed by atoms with Crippen LogP contribution in [0.3, 0.4) is 0 Å². The largest absolute Gasteiger partial charge is 0.378 e. The molecule has 0 bridgehead atoms. The Kier molecular flexibility index (Phi) is 6.34. The van der Waals surface area contributed by atoms with Gasteiger partial charge in [-0.05, 0) is 25.3 Å². The van der Waals surface area contributed by atoms with Crippen molar-refractivity contribution in [3.63, 3.8) is 0 Å². The summed E-state index contributed by atoms with van der Waals surface area (Å²) in [6.45, 7) is 8.39. The molecule has 3 rings (SSSR count). The molecule has 1 aromatic carbocycles. The summed E-state index contributed by atoms with van der Waals surface area (Å²) in [6, 6.07) is 5.16. The zero-order valence-corrected chi connectivity index (χ0v) is 16.7. The fraction of sp³-hybridized carbons (Fsp3) is 0.524. The number of amides is 3. The second kappa shape index (κ2) is 8.73. The van der Waals surface area contributed by atoms with Crippen molar-refractivity contribution in [1.82, 2.24) is 15.1 Å². The van der Waals surface area contributed by atoms with Crippen molar-refractivity contribution in [3.8, 4) is 0 Å². The van der Waals surface area contributed by atoms with Crippen LogP contribution in [0.15, 0.2) is 35.5 Å². The Morgan fingerprint density at radius 2 is 1.96 bits per heavy atom. The molecule has 1 N–H and O–H groups in total. The van der Waals surface area contributed by atoms with Crippen LogP contribution in [0.2, 0.25) is 0 Å². The molecule has 2 aliphatic heterocycles. The molecule has 0 spiro atoms. The second-order valence-electron chi connectivity index (χ2n) is 7.64. The maximum Gasteiger partial charge on any atom is 0.322 e. The van der Waals surface area contributed by atoms with E-state index < -0.39 is 11.9 Å². The number of morpholine rings is 1. The molecule has 28 heavy (non-hydrogen) atoms. The number of carbonyl (C=O) groups excluding carboxylic acids is 2. The fourth-order valence-electron chi connectivity index (χ4n) is 3.59. The van der Waals surface area contributed by atoms with Gasteiger partial charge in [-0.1, -0.05) is 32.0 Å². The average Bonchev–Trinajstić information content (AvgIpc) is 2.68. The number of rotatable bonds is 5. The van der Waals surface area contributed by atoms with Gasteiger partial charge in [0, 0.05) is 30.9 Å². The van der Waals surface area contributed by atoms with Gasteiger partial charge >= 0.3 is 6.03 Å². The monoisotopic (exact) mass is 389 g/mol. The molecule has 3 amide bonds. The van der Waals surface area contributed by atoms with E-state index in [1.165, 1.54) is 6.07 Å². The molecule has 6 nitrogen and oxygen atoms in total. The van der Waals surface area contributed by atoms with Crippen LogP contribution in [0.25, 0.3) is 0 Å². The molecule has 2 aliphatic rings. The zero-order chi connectivity index (χ0) is 20.3. The molecule has 0 saturated carbocycles. The minimum absolute atomic E-state index is 0.177. The number of hydrogen-bond donors (Lipinski definition) is 1. The molecule has 152 valence electrons. The lowest BCUT2D eigenvalue weighted by atomic mass is 9.93. The lowest BCUT2D eigenvalue weighted by Crippen LogP contribution is -2.51. The highest BCUT2D eigenvalue weighted by Gasteiger charge is 2.38. The van der Waals surface area contributed by atoms with E-state index >= 15 is 0 Å². The number of urea groups is 1. The first-order chi connectivity index (χ1) is 13.4. The first-order valence-corrected chi connectivity index (χ1v) is 9.80. The van der Waals surface area contributed by atoms with Crippen molar-refractivity contribution in [2.24, 2.45) is 5.92 Å². The first kappa shape index (κ1) is 20.3. The third-order valence-electron chi connectivity index (χ3n) is 5.27. The summed E-state index contributed by atoms with van der Waals surface area (Å²) in [7, 11) is 0. The molecule has 1 unspecified atom stereocenters. The van der Waals surface area contributed by atoms with Crippen LogP contribution in [0, 0.1) is 11.7 Å². The number of carbonyl (C=O) groups is 2. The topological polar surface area (TPSA) is 61.9 Å². The van der Waals surface area contributed by atoms with Crippen LogP contribution in [-0.2, 0) is 9.53 Å². The van der Waals surface area contributed by atoms with Crippen LogP contribution in [0.1, 0.15) is 38.8 Å². The summed E-state index contributed by atoms with van der Waals surface area (Å²) in [5.74, 6) is -0.199. The molecule has 1 fully saturated rings. The summed E-state index contributed by atoms with van der Waals surface area (Å²) in [5, 5.41) is 2.86. The number of halogens is 1. The van der Waals surface area contributed by atoms with Gasteiger partial charge in [0.1, 0.15) is 5.82 Å². The van der Waals surface area contributed by atoms with E-state index in [4.69, 9.17) is 4.74 Å². The Bertz CT molecular complexity index is 772. The van der Waals surface area contributed by atoms with E-state index in [0.29, 0.717) is 55.6 Å². The molecule has 1 aromatic rings. The van der Waals surface area contributed by atoms with Crippen LogP contribution in [0.4, 0.5) is 9.18 Å². The number of hydrogen-bond acceptors (Lipinski definition) is 3. The number of benzene rings is 1. The Morgan fingerprint density at radius 1 is 1.29 bits per heavy atom. The van der Waals surface area contributed by atoms with E-state index in [0.717, 1.165) is 6.42 Å². The lowest BCUT2D eigenvalue weighted by molar-refractivity contribution is -0.131. The molecular formula is C21H28FN3O3.